The summed E-state index contributed by atoms with van der Waals surface area (Å²) in [6, 6.07) is 0. The SMILES string of the molecule is C=C(C)CC1CC(C(C)C)CCC1O. The van der Waals surface area contributed by atoms with Gasteiger partial charge in [-0.3, -0.25) is 0 Å². The molecule has 0 amide bonds. The first-order chi connectivity index (χ1) is 6.50. The maximum Gasteiger partial charge on any atom is 0.0571 e. The van der Waals surface area contributed by atoms with Crippen LogP contribution in [0, 0.1) is 17.8 Å². The molecule has 14 heavy (non-hydrogen) atoms. The first-order valence-corrected chi connectivity index (χ1v) is 5.83. The molecule has 1 fully saturated rings. The molecule has 1 aliphatic rings. The summed E-state index contributed by atoms with van der Waals surface area (Å²) in [5.41, 5.74) is 1.21. The lowest BCUT2D eigenvalue weighted by Gasteiger charge is -2.35. The van der Waals surface area contributed by atoms with Crippen molar-refractivity contribution in [1.29, 1.82) is 0 Å². The van der Waals surface area contributed by atoms with Gasteiger partial charge in [-0.1, -0.05) is 19.4 Å². The Morgan fingerprint density at radius 2 is 2.07 bits per heavy atom. The van der Waals surface area contributed by atoms with Gasteiger partial charge in [0.15, 0.2) is 0 Å². The van der Waals surface area contributed by atoms with E-state index in [2.05, 4.69) is 27.4 Å². The molecule has 1 rings (SSSR count). The average Bonchev–Trinajstić information content (AvgIpc) is 2.07. The highest BCUT2D eigenvalue weighted by Gasteiger charge is 2.30. The lowest BCUT2D eigenvalue weighted by molar-refractivity contribution is 0.0379. The Kier molecular flexibility index (Phi) is 4.18. The summed E-state index contributed by atoms with van der Waals surface area (Å²) in [6.07, 6.45) is 4.30. The highest BCUT2D eigenvalue weighted by molar-refractivity contribution is 4.94. The fourth-order valence-corrected chi connectivity index (χ4v) is 2.56. The molecule has 3 atom stereocenters. The zero-order valence-corrected chi connectivity index (χ0v) is 9.79. The second-order valence-electron chi connectivity index (χ2n) is 5.31. The molecule has 1 aliphatic carbocycles. The van der Waals surface area contributed by atoms with Crippen LogP contribution in [-0.2, 0) is 0 Å². The van der Waals surface area contributed by atoms with Gasteiger partial charge in [0.2, 0.25) is 0 Å². The van der Waals surface area contributed by atoms with Crippen molar-refractivity contribution in [2.24, 2.45) is 17.8 Å². The van der Waals surface area contributed by atoms with E-state index in [4.69, 9.17) is 0 Å². The molecule has 0 aromatic heterocycles. The molecule has 0 heterocycles. The molecule has 3 unspecified atom stereocenters. The topological polar surface area (TPSA) is 20.2 Å². The first-order valence-electron chi connectivity index (χ1n) is 5.83. The molecule has 0 aromatic carbocycles. The van der Waals surface area contributed by atoms with E-state index >= 15 is 0 Å². The normalized spacial score (nSPS) is 33.4. The molecule has 82 valence electrons. The van der Waals surface area contributed by atoms with E-state index in [1.807, 2.05) is 0 Å². The molecular formula is C13H24O. The molecule has 0 spiro atoms. The van der Waals surface area contributed by atoms with E-state index in [0.717, 1.165) is 24.7 Å². The molecule has 1 heteroatoms. The second kappa shape index (κ2) is 4.97. The standard InChI is InChI=1S/C13H24O/c1-9(2)7-12-8-11(10(3)4)5-6-13(12)14/h10-14H,1,5-8H2,2-4H3. The summed E-state index contributed by atoms with van der Waals surface area (Å²) in [4.78, 5) is 0. The van der Waals surface area contributed by atoms with Crippen LogP contribution in [0.25, 0.3) is 0 Å². The van der Waals surface area contributed by atoms with E-state index in [1.54, 1.807) is 0 Å². The van der Waals surface area contributed by atoms with Gasteiger partial charge >= 0.3 is 0 Å². The Labute approximate surface area is 88.2 Å². The van der Waals surface area contributed by atoms with Gasteiger partial charge in [0.1, 0.15) is 0 Å². The average molecular weight is 196 g/mol. The van der Waals surface area contributed by atoms with Crippen molar-refractivity contribution in [3.05, 3.63) is 12.2 Å². The minimum Gasteiger partial charge on any atom is -0.393 e. The lowest BCUT2D eigenvalue weighted by Crippen LogP contribution is -2.31. The van der Waals surface area contributed by atoms with E-state index in [9.17, 15) is 5.11 Å². The molecule has 0 aliphatic heterocycles. The quantitative estimate of drug-likeness (QED) is 0.686. The van der Waals surface area contributed by atoms with Gasteiger partial charge in [0.05, 0.1) is 6.10 Å². The van der Waals surface area contributed by atoms with Crippen LogP contribution in [0.4, 0.5) is 0 Å². The summed E-state index contributed by atoms with van der Waals surface area (Å²) in [7, 11) is 0. The van der Waals surface area contributed by atoms with Crippen molar-refractivity contribution in [2.45, 2.75) is 52.6 Å². The fraction of sp³-hybridized carbons (Fsp3) is 0.846. The molecule has 1 N–H and O–H groups in total. The van der Waals surface area contributed by atoms with Gasteiger partial charge in [-0.25, -0.2) is 0 Å². The van der Waals surface area contributed by atoms with Crippen LogP contribution >= 0.6 is 0 Å². The molecule has 0 bridgehead atoms. The Morgan fingerprint density at radius 3 is 2.57 bits per heavy atom. The minimum atomic E-state index is -0.0818. The zero-order chi connectivity index (χ0) is 10.7. The lowest BCUT2D eigenvalue weighted by atomic mass is 9.73. The van der Waals surface area contributed by atoms with E-state index in [1.165, 1.54) is 18.4 Å². The highest BCUT2D eigenvalue weighted by Crippen LogP contribution is 2.36. The molecular weight excluding hydrogens is 172 g/mol. The third-order valence-corrected chi connectivity index (χ3v) is 3.54. The summed E-state index contributed by atoms with van der Waals surface area (Å²) in [5, 5.41) is 9.88. The van der Waals surface area contributed by atoms with Gasteiger partial charge < -0.3 is 5.11 Å². The summed E-state index contributed by atoms with van der Waals surface area (Å²) < 4.78 is 0. The summed E-state index contributed by atoms with van der Waals surface area (Å²) >= 11 is 0. The van der Waals surface area contributed by atoms with Crippen LogP contribution in [0.2, 0.25) is 0 Å². The summed E-state index contributed by atoms with van der Waals surface area (Å²) in [6.45, 7) is 10.6. The summed E-state index contributed by atoms with van der Waals surface area (Å²) in [5.74, 6) is 2.03. The highest BCUT2D eigenvalue weighted by atomic mass is 16.3. The van der Waals surface area contributed by atoms with Gasteiger partial charge in [0.25, 0.3) is 0 Å². The smallest absolute Gasteiger partial charge is 0.0571 e. The number of allylic oxidation sites excluding steroid dienone is 1. The van der Waals surface area contributed by atoms with Crippen LogP contribution in [0.1, 0.15) is 46.5 Å². The third kappa shape index (κ3) is 3.13. The second-order valence-corrected chi connectivity index (χ2v) is 5.31. The number of rotatable bonds is 3. The molecule has 0 saturated heterocycles. The molecule has 1 nitrogen and oxygen atoms in total. The van der Waals surface area contributed by atoms with E-state index < -0.39 is 0 Å². The van der Waals surface area contributed by atoms with Crippen LogP contribution in [0.3, 0.4) is 0 Å². The molecule has 1 saturated carbocycles. The van der Waals surface area contributed by atoms with Crippen molar-refractivity contribution < 1.29 is 5.11 Å². The molecule has 0 radical (unpaired) electrons. The van der Waals surface area contributed by atoms with Gasteiger partial charge in [-0.2, -0.15) is 0 Å². The number of aliphatic hydroxyl groups is 1. The largest absolute Gasteiger partial charge is 0.393 e. The third-order valence-electron chi connectivity index (χ3n) is 3.54. The monoisotopic (exact) mass is 196 g/mol. The number of hydrogen-bond donors (Lipinski definition) is 1. The predicted molar refractivity (Wildman–Crippen MR) is 61.1 cm³/mol. The van der Waals surface area contributed by atoms with Crippen molar-refractivity contribution in [3.63, 3.8) is 0 Å². The first kappa shape index (κ1) is 11.8. The maximum atomic E-state index is 9.88. The van der Waals surface area contributed by atoms with Crippen LogP contribution < -0.4 is 0 Å². The Morgan fingerprint density at radius 1 is 1.43 bits per heavy atom. The maximum absolute atomic E-state index is 9.88. The Balaban J connectivity index is 2.50. The predicted octanol–water partition coefficient (Wildman–Crippen LogP) is 3.39. The number of hydrogen-bond acceptors (Lipinski definition) is 1. The Hall–Kier alpha value is -0.300. The number of aliphatic hydroxyl groups excluding tert-OH is 1. The van der Waals surface area contributed by atoms with Crippen molar-refractivity contribution in [3.8, 4) is 0 Å². The minimum absolute atomic E-state index is 0.0818. The van der Waals surface area contributed by atoms with Gasteiger partial charge in [-0.05, 0) is 50.4 Å². The van der Waals surface area contributed by atoms with E-state index in [-0.39, 0.29) is 6.10 Å². The zero-order valence-electron chi connectivity index (χ0n) is 9.79. The van der Waals surface area contributed by atoms with Crippen molar-refractivity contribution in [1.82, 2.24) is 0 Å². The van der Waals surface area contributed by atoms with Crippen LogP contribution in [0.5, 0.6) is 0 Å². The Bertz CT molecular complexity index is 195. The van der Waals surface area contributed by atoms with Gasteiger partial charge in [-0.15, -0.1) is 6.58 Å². The van der Waals surface area contributed by atoms with Crippen LogP contribution in [-0.4, -0.2) is 11.2 Å². The fourth-order valence-electron chi connectivity index (χ4n) is 2.56. The van der Waals surface area contributed by atoms with Crippen LogP contribution in [0.15, 0.2) is 12.2 Å². The van der Waals surface area contributed by atoms with Crippen molar-refractivity contribution in [2.75, 3.05) is 0 Å². The van der Waals surface area contributed by atoms with Crippen molar-refractivity contribution >= 4 is 0 Å². The van der Waals surface area contributed by atoms with Gasteiger partial charge in [0, 0.05) is 0 Å². The molecule has 0 aromatic rings. The van der Waals surface area contributed by atoms with E-state index in [0.29, 0.717) is 5.92 Å².